The number of hydrogen-bond acceptors (Lipinski definition) is 8. The molecule has 0 spiro atoms. The number of fused-ring (bicyclic) bond motifs is 3. The lowest BCUT2D eigenvalue weighted by Gasteiger charge is -2.41. The van der Waals surface area contributed by atoms with E-state index in [9.17, 15) is 20.1 Å². The van der Waals surface area contributed by atoms with E-state index in [-0.39, 0.29) is 34.5 Å². The zero-order chi connectivity index (χ0) is 27.4. The molecule has 0 aromatic heterocycles. The van der Waals surface area contributed by atoms with Crippen molar-refractivity contribution in [3.05, 3.63) is 77.4 Å². The fourth-order valence-corrected chi connectivity index (χ4v) is 6.16. The van der Waals surface area contributed by atoms with Crippen LogP contribution in [-0.2, 0) is 16.0 Å². The van der Waals surface area contributed by atoms with Gasteiger partial charge in [-0.05, 0) is 17.7 Å². The maximum atomic E-state index is 13.7. The second-order valence-corrected chi connectivity index (χ2v) is 9.79. The Morgan fingerprint density at radius 3 is 2.21 bits per heavy atom. The lowest BCUT2D eigenvalue weighted by molar-refractivity contribution is -0.156. The van der Waals surface area contributed by atoms with Crippen LogP contribution in [-0.4, -0.2) is 67.7 Å². The molecule has 3 N–H and O–H groups in total. The van der Waals surface area contributed by atoms with Crippen LogP contribution in [0.25, 0.3) is 0 Å². The first-order valence-electron chi connectivity index (χ1n) is 12.1. The Balaban J connectivity index is 1.91. The smallest absolute Gasteiger partial charge is 0.228 e. The summed E-state index contributed by atoms with van der Waals surface area (Å²) in [5.74, 6) is -1.46. The molecule has 1 aliphatic carbocycles. The van der Waals surface area contributed by atoms with E-state index in [2.05, 4.69) is 0 Å². The third-order valence-corrected chi connectivity index (χ3v) is 7.77. The molecule has 9 nitrogen and oxygen atoms in total. The van der Waals surface area contributed by atoms with Gasteiger partial charge in [0.1, 0.15) is 23.4 Å². The van der Waals surface area contributed by atoms with Crippen LogP contribution in [0.3, 0.4) is 0 Å². The Kier molecular flexibility index (Phi) is 6.16. The van der Waals surface area contributed by atoms with Crippen molar-refractivity contribution in [2.24, 2.45) is 5.92 Å². The molecule has 1 amide bonds. The summed E-state index contributed by atoms with van der Waals surface area (Å²) >= 11 is 0. The van der Waals surface area contributed by atoms with E-state index in [1.165, 1.54) is 32.3 Å². The molecule has 3 aromatic carbocycles. The number of hydrogen-bond donors (Lipinski definition) is 3. The van der Waals surface area contributed by atoms with Crippen molar-refractivity contribution in [3.8, 4) is 28.7 Å². The molecular formula is C29H31NO8. The number of aliphatic hydroxyl groups is 2. The molecule has 200 valence electrons. The number of phenolic OH excluding ortho intramolecular Hbond substituents is 1. The van der Waals surface area contributed by atoms with Gasteiger partial charge in [-0.2, -0.15) is 0 Å². The van der Waals surface area contributed by atoms with Crippen molar-refractivity contribution < 1.29 is 39.1 Å². The normalized spacial score (nSPS) is 27.2. The van der Waals surface area contributed by atoms with E-state index < -0.39 is 29.1 Å². The minimum absolute atomic E-state index is 0.186. The lowest BCUT2D eigenvalue weighted by Crippen LogP contribution is -2.52. The van der Waals surface area contributed by atoms with Crippen molar-refractivity contribution in [2.45, 2.75) is 23.2 Å². The Hall–Kier alpha value is -3.95. The van der Waals surface area contributed by atoms with Gasteiger partial charge in [0.05, 0.1) is 32.8 Å². The third-order valence-electron chi connectivity index (χ3n) is 7.77. The Labute approximate surface area is 220 Å². The van der Waals surface area contributed by atoms with E-state index in [1.54, 1.807) is 38.4 Å². The van der Waals surface area contributed by atoms with Crippen LogP contribution in [0.2, 0.25) is 0 Å². The molecule has 9 heteroatoms. The molecule has 0 saturated heterocycles. The molecule has 5 atom stereocenters. The topological polar surface area (TPSA) is 118 Å². The summed E-state index contributed by atoms with van der Waals surface area (Å²) in [7, 11) is 7.56. The highest BCUT2D eigenvalue weighted by Crippen LogP contribution is 2.70. The molecule has 3 aromatic rings. The molecule has 5 unspecified atom stereocenters. The van der Waals surface area contributed by atoms with Crippen molar-refractivity contribution in [2.75, 3.05) is 35.4 Å². The predicted octanol–water partition coefficient (Wildman–Crippen LogP) is 2.76. The van der Waals surface area contributed by atoms with Gasteiger partial charge in [0.25, 0.3) is 0 Å². The van der Waals surface area contributed by atoms with Crippen molar-refractivity contribution in [3.63, 3.8) is 0 Å². The molecule has 0 bridgehead atoms. The number of methoxy groups -OCH3 is 3. The van der Waals surface area contributed by atoms with E-state index >= 15 is 0 Å². The molecule has 1 aliphatic heterocycles. The van der Waals surface area contributed by atoms with Crippen molar-refractivity contribution in [1.82, 2.24) is 4.90 Å². The van der Waals surface area contributed by atoms with Crippen LogP contribution in [0.5, 0.6) is 28.7 Å². The number of carbonyl (C=O) groups excluding carboxylic acids is 1. The first-order chi connectivity index (χ1) is 18.1. The highest BCUT2D eigenvalue weighted by atomic mass is 16.5. The standard InChI is InChI=1S/C29H31NO8/c1-30(2)27(33)23-24(16-9-7-6-8-10-16)29(17-11-12-20(36-4)19(31)13-17)28(34,26(23)32)25-21(37-5)14-18(35-3)15-22(25)38-29/h6-15,23-24,26,31-32,34H,1-5H3. The molecular weight excluding hydrogens is 490 g/mol. The third kappa shape index (κ3) is 3.28. The highest BCUT2D eigenvalue weighted by Gasteiger charge is 2.78. The van der Waals surface area contributed by atoms with E-state index in [0.29, 0.717) is 16.9 Å². The van der Waals surface area contributed by atoms with Gasteiger partial charge in [0.2, 0.25) is 5.91 Å². The summed E-state index contributed by atoms with van der Waals surface area (Å²) in [6.45, 7) is 0. The summed E-state index contributed by atoms with van der Waals surface area (Å²) in [6.07, 6.45) is -1.62. The SMILES string of the molecule is COc1cc(OC)c2c(c1)OC1(c3ccc(OC)c(O)c3)C(c3ccccc3)C(C(=O)N(C)C)C(O)C21O. The first kappa shape index (κ1) is 25.7. The van der Waals surface area contributed by atoms with Crippen molar-refractivity contribution in [1.29, 1.82) is 0 Å². The van der Waals surface area contributed by atoms with E-state index in [1.807, 2.05) is 30.3 Å². The van der Waals surface area contributed by atoms with Crippen LogP contribution in [0, 0.1) is 5.92 Å². The minimum Gasteiger partial charge on any atom is -0.504 e. The van der Waals surface area contributed by atoms with Gasteiger partial charge in [0, 0.05) is 37.7 Å². The lowest BCUT2D eigenvalue weighted by atomic mass is 9.70. The number of aromatic hydroxyl groups is 1. The second kappa shape index (κ2) is 9.11. The zero-order valence-corrected chi connectivity index (χ0v) is 21.8. The highest BCUT2D eigenvalue weighted by molar-refractivity contribution is 5.83. The molecule has 2 aliphatic rings. The average molecular weight is 522 g/mol. The average Bonchev–Trinajstić information content (AvgIpc) is 3.30. The van der Waals surface area contributed by atoms with Crippen LogP contribution < -0.4 is 18.9 Å². The van der Waals surface area contributed by atoms with Crippen LogP contribution in [0.4, 0.5) is 0 Å². The number of aliphatic hydroxyl groups excluding tert-OH is 1. The van der Waals surface area contributed by atoms with Gasteiger partial charge in [-0.25, -0.2) is 0 Å². The number of nitrogens with zero attached hydrogens (tertiary/aromatic N) is 1. The quantitative estimate of drug-likeness (QED) is 0.453. The van der Waals surface area contributed by atoms with Crippen LogP contribution >= 0.6 is 0 Å². The first-order valence-corrected chi connectivity index (χ1v) is 12.1. The second-order valence-electron chi connectivity index (χ2n) is 9.79. The molecule has 1 heterocycles. The number of ether oxygens (including phenoxy) is 4. The number of carbonyl (C=O) groups is 1. The summed E-state index contributed by atoms with van der Waals surface area (Å²) in [5, 5.41) is 35.6. The largest absolute Gasteiger partial charge is 0.504 e. The molecule has 38 heavy (non-hydrogen) atoms. The maximum Gasteiger partial charge on any atom is 0.228 e. The Bertz CT molecular complexity index is 1380. The fourth-order valence-electron chi connectivity index (χ4n) is 6.16. The molecule has 1 fully saturated rings. The van der Waals surface area contributed by atoms with Gasteiger partial charge < -0.3 is 39.2 Å². The predicted molar refractivity (Wildman–Crippen MR) is 138 cm³/mol. The van der Waals surface area contributed by atoms with Gasteiger partial charge in [-0.1, -0.05) is 36.4 Å². The number of amides is 1. The van der Waals surface area contributed by atoms with Crippen molar-refractivity contribution >= 4 is 5.91 Å². The summed E-state index contributed by atoms with van der Waals surface area (Å²) in [4.78, 5) is 15.1. The summed E-state index contributed by atoms with van der Waals surface area (Å²) < 4.78 is 23.1. The minimum atomic E-state index is -2.17. The number of phenols is 1. The van der Waals surface area contributed by atoms with Gasteiger partial charge in [0.15, 0.2) is 22.7 Å². The summed E-state index contributed by atoms with van der Waals surface area (Å²) in [5.41, 5.74) is -2.72. The Morgan fingerprint density at radius 2 is 1.63 bits per heavy atom. The number of rotatable bonds is 6. The van der Waals surface area contributed by atoms with Gasteiger partial charge in [-0.15, -0.1) is 0 Å². The molecule has 1 saturated carbocycles. The van der Waals surface area contributed by atoms with E-state index in [0.717, 1.165) is 0 Å². The Morgan fingerprint density at radius 1 is 0.947 bits per heavy atom. The molecule has 5 rings (SSSR count). The van der Waals surface area contributed by atoms with Crippen LogP contribution in [0.15, 0.2) is 60.7 Å². The molecule has 0 radical (unpaired) electrons. The number of benzene rings is 3. The fraction of sp³-hybridized carbons (Fsp3) is 0.345. The van der Waals surface area contributed by atoms with Gasteiger partial charge >= 0.3 is 0 Å². The zero-order valence-electron chi connectivity index (χ0n) is 21.8. The maximum absolute atomic E-state index is 13.7. The van der Waals surface area contributed by atoms with Gasteiger partial charge in [-0.3, -0.25) is 4.79 Å². The van der Waals surface area contributed by atoms with E-state index in [4.69, 9.17) is 18.9 Å². The summed E-state index contributed by atoms with van der Waals surface area (Å²) in [6, 6.07) is 17.0. The monoisotopic (exact) mass is 521 g/mol. The van der Waals surface area contributed by atoms with Crippen LogP contribution in [0.1, 0.15) is 22.6 Å².